The first-order chi connectivity index (χ1) is 13.4. The number of benzene rings is 2. The molecule has 0 spiro atoms. The molecule has 1 atom stereocenters. The van der Waals surface area contributed by atoms with Crippen LogP contribution in [0.5, 0.6) is 11.5 Å². The van der Waals surface area contributed by atoms with E-state index in [1.165, 1.54) is 19.1 Å². The van der Waals surface area contributed by atoms with E-state index < -0.39 is 30.4 Å². The van der Waals surface area contributed by atoms with Gasteiger partial charge < -0.3 is 19.5 Å². The molecular weight excluding hydrogens is 389 g/mol. The van der Waals surface area contributed by atoms with Crippen LogP contribution >= 0.6 is 11.6 Å². The maximum atomic E-state index is 13.7. The second-order valence-electron chi connectivity index (χ2n) is 5.83. The smallest absolute Gasteiger partial charge is 0.344 e. The maximum Gasteiger partial charge on any atom is 0.344 e. The van der Waals surface area contributed by atoms with Crippen LogP contribution in [0.3, 0.4) is 0 Å². The lowest BCUT2D eigenvalue weighted by molar-refractivity contribution is -0.155. The molecular formula is C20H21ClFNO5. The van der Waals surface area contributed by atoms with E-state index in [0.29, 0.717) is 18.1 Å². The van der Waals surface area contributed by atoms with E-state index in [2.05, 4.69) is 5.32 Å². The van der Waals surface area contributed by atoms with Gasteiger partial charge in [-0.2, -0.15) is 0 Å². The molecule has 0 unspecified atom stereocenters. The van der Waals surface area contributed by atoms with Crippen molar-refractivity contribution in [3.8, 4) is 11.5 Å². The second-order valence-corrected chi connectivity index (χ2v) is 6.27. The van der Waals surface area contributed by atoms with E-state index >= 15 is 0 Å². The van der Waals surface area contributed by atoms with Gasteiger partial charge in [0.1, 0.15) is 5.82 Å². The van der Waals surface area contributed by atoms with Crippen molar-refractivity contribution >= 4 is 29.2 Å². The van der Waals surface area contributed by atoms with E-state index in [9.17, 15) is 14.0 Å². The molecule has 0 radical (unpaired) electrons. The number of carbonyl (C=O) groups is 2. The van der Waals surface area contributed by atoms with Gasteiger partial charge in [-0.15, -0.1) is 0 Å². The summed E-state index contributed by atoms with van der Waals surface area (Å²) < 4.78 is 29.7. The minimum atomic E-state index is -1.14. The lowest BCUT2D eigenvalue weighted by atomic mass is 10.3. The van der Waals surface area contributed by atoms with Gasteiger partial charge in [-0.05, 0) is 43.7 Å². The van der Waals surface area contributed by atoms with Gasteiger partial charge >= 0.3 is 5.97 Å². The molecule has 2 rings (SSSR count). The minimum Gasteiger partial charge on any atom is -0.490 e. The summed E-state index contributed by atoms with van der Waals surface area (Å²) in [5.41, 5.74) is -0.0597. The van der Waals surface area contributed by atoms with Crippen LogP contribution < -0.4 is 14.8 Å². The maximum absolute atomic E-state index is 13.7. The molecule has 2 aromatic rings. The van der Waals surface area contributed by atoms with Crippen molar-refractivity contribution in [1.29, 1.82) is 0 Å². The molecule has 0 heterocycles. The highest BCUT2D eigenvalue weighted by Gasteiger charge is 2.20. The quantitative estimate of drug-likeness (QED) is 0.628. The molecule has 0 aliphatic heterocycles. The Bertz CT molecular complexity index is 830. The van der Waals surface area contributed by atoms with Gasteiger partial charge in [0.25, 0.3) is 5.91 Å². The number of hydrogen-bond donors (Lipinski definition) is 1. The summed E-state index contributed by atoms with van der Waals surface area (Å²) in [5, 5.41) is 2.54. The third kappa shape index (κ3) is 6.42. The molecule has 0 bridgehead atoms. The normalized spacial score (nSPS) is 11.4. The highest BCUT2D eigenvalue weighted by molar-refractivity contribution is 6.30. The number of para-hydroxylation sites is 2. The van der Waals surface area contributed by atoms with Crippen LogP contribution in [0.4, 0.5) is 10.1 Å². The SMILES string of the molecule is CCCOc1ccccc1OCC(=O)O[C@H](C)C(=O)Nc1ccc(Cl)cc1F. The number of amides is 1. The molecule has 1 amide bonds. The first-order valence-electron chi connectivity index (χ1n) is 8.70. The average molecular weight is 410 g/mol. The minimum absolute atomic E-state index is 0.0597. The van der Waals surface area contributed by atoms with Crippen molar-refractivity contribution in [2.45, 2.75) is 26.4 Å². The summed E-state index contributed by atoms with van der Waals surface area (Å²) in [7, 11) is 0. The number of carbonyl (C=O) groups excluding carboxylic acids is 2. The number of nitrogens with one attached hydrogen (secondary N) is 1. The Morgan fingerprint density at radius 3 is 2.46 bits per heavy atom. The van der Waals surface area contributed by atoms with E-state index in [-0.39, 0.29) is 10.7 Å². The number of halogens is 2. The van der Waals surface area contributed by atoms with Crippen LogP contribution in [-0.2, 0) is 14.3 Å². The summed E-state index contributed by atoms with van der Waals surface area (Å²) in [6.45, 7) is 3.46. The highest BCUT2D eigenvalue weighted by Crippen LogP contribution is 2.26. The average Bonchev–Trinajstić information content (AvgIpc) is 2.67. The van der Waals surface area contributed by atoms with Crippen LogP contribution in [0, 0.1) is 5.82 Å². The van der Waals surface area contributed by atoms with Gasteiger partial charge in [0.15, 0.2) is 24.2 Å². The fraction of sp³-hybridized carbons (Fsp3) is 0.300. The number of rotatable bonds is 9. The van der Waals surface area contributed by atoms with E-state index in [4.69, 9.17) is 25.8 Å². The van der Waals surface area contributed by atoms with Crippen molar-refractivity contribution in [1.82, 2.24) is 0 Å². The Balaban J connectivity index is 1.86. The zero-order valence-electron chi connectivity index (χ0n) is 15.5. The second kappa shape index (κ2) is 10.5. The van der Waals surface area contributed by atoms with Crippen LogP contribution in [0.2, 0.25) is 5.02 Å². The van der Waals surface area contributed by atoms with Gasteiger partial charge in [0.2, 0.25) is 0 Å². The summed E-state index contributed by atoms with van der Waals surface area (Å²) in [5.74, 6) is -1.20. The number of esters is 1. The number of ether oxygens (including phenoxy) is 3. The molecule has 0 fully saturated rings. The highest BCUT2D eigenvalue weighted by atomic mass is 35.5. The fourth-order valence-corrected chi connectivity index (χ4v) is 2.31. The van der Waals surface area contributed by atoms with Gasteiger partial charge in [0.05, 0.1) is 12.3 Å². The zero-order chi connectivity index (χ0) is 20.5. The summed E-state index contributed by atoms with van der Waals surface area (Å²) >= 11 is 5.66. The predicted molar refractivity (Wildman–Crippen MR) is 103 cm³/mol. The summed E-state index contributed by atoms with van der Waals surface area (Å²) in [4.78, 5) is 24.0. The molecule has 1 N–H and O–H groups in total. The molecule has 0 saturated carbocycles. The molecule has 0 aliphatic rings. The van der Waals surface area contributed by atoms with Crippen molar-refractivity contribution in [2.75, 3.05) is 18.5 Å². The van der Waals surface area contributed by atoms with Gasteiger partial charge in [-0.1, -0.05) is 30.7 Å². The fourth-order valence-electron chi connectivity index (χ4n) is 2.15. The largest absolute Gasteiger partial charge is 0.490 e. The monoisotopic (exact) mass is 409 g/mol. The van der Waals surface area contributed by atoms with Crippen LogP contribution in [0.25, 0.3) is 0 Å². The first kappa shape index (κ1) is 21.5. The van der Waals surface area contributed by atoms with E-state index in [1.807, 2.05) is 6.92 Å². The topological polar surface area (TPSA) is 73.9 Å². The third-order valence-electron chi connectivity index (χ3n) is 3.52. The Morgan fingerprint density at radius 2 is 1.82 bits per heavy atom. The predicted octanol–water partition coefficient (Wildman–Crippen LogP) is 4.22. The Morgan fingerprint density at radius 1 is 1.14 bits per heavy atom. The molecule has 0 saturated heterocycles. The third-order valence-corrected chi connectivity index (χ3v) is 3.76. The summed E-state index contributed by atoms with van der Waals surface area (Å²) in [6, 6.07) is 10.8. The van der Waals surface area contributed by atoms with Crippen molar-refractivity contribution in [2.24, 2.45) is 0 Å². The molecule has 0 aromatic heterocycles. The first-order valence-corrected chi connectivity index (χ1v) is 9.08. The summed E-state index contributed by atoms with van der Waals surface area (Å²) in [6.07, 6.45) is -0.310. The molecule has 28 heavy (non-hydrogen) atoms. The van der Waals surface area contributed by atoms with Crippen LogP contribution in [0.15, 0.2) is 42.5 Å². The van der Waals surface area contributed by atoms with Crippen molar-refractivity contribution in [3.05, 3.63) is 53.3 Å². The number of hydrogen-bond acceptors (Lipinski definition) is 5. The van der Waals surface area contributed by atoms with Crippen molar-refractivity contribution < 1.29 is 28.2 Å². The van der Waals surface area contributed by atoms with Gasteiger partial charge in [-0.3, -0.25) is 4.79 Å². The van der Waals surface area contributed by atoms with Gasteiger partial charge in [-0.25, -0.2) is 9.18 Å². The van der Waals surface area contributed by atoms with Crippen LogP contribution in [0.1, 0.15) is 20.3 Å². The Labute approximate surface area is 167 Å². The molecule has 8 heteroatoms. The molecule has 6 nitrogen and oxygen atoms in total. The molecule has 2 aromatic carbocycles. The van der Waals surface area contributed by atoms with E-state index in [0.717, 1.165) is 12.5 Å². The Hall–Kier alpha value is -2.80. The van der Waals surface area contributed by atoms with Gasteiger partial charge in [0, 0.05) is 5.02 Å². The molecule has 150 valence electrons. The number of anilines is 1. The van der Waals surface area contributed by atoms with Crippen molar-refractivity contribution in [3.63, 3.8) is 0 Å². The van der Waals surface area contributed by atoms with E-state index in [1.54, 1.807) is 24.3 Å². The van der Waals surface area contributed by atoms with Crippen LogP contribution in [-0.4, -0.2) is 31.2 Å². The lowest BCUT2D eigenvalue weighted by Gasteiger charge is -2.15. The molecule has 0 aliphatic carbocycles. The standard InChI is InChI=1S/C20H21ClFNO5/c1-3-10-26-17-6-4-5-7-18(17)27-12-19(24)28-13(2)20(25)23-16-9-8-14(21)11-15(16)22/h4-9,11,13H,3,10,12H2,1-2H3,(H,23,25)/t13-/m1/s1. The Kier molecular flexibility index (Phi) is 8.07. The lowest BCUT2D eigenvalue weighted by Crippen LogP contribution is -2.32. The zero-order valence-corrected chi connectivity index (χ0v) is 16.3.